The van der Waals surface area contributed by atoms with E-state index in [-0.39, 0.29) is 12.5 Å². The van der Waals surface area contributed by atoms with Crippen molar-refractivity contribution in [3.8, 4) is 5.75 Å². The number of carbonyl (C=O) groups excluding carboxylic acids is 1. The summed E-state index contributed by atoms with van der Waals surface area (Å²) in [5.74, 6) is 1.21. The lowest BCUT2D eigenvalue weighted by Crippen LogP contribution is -2.20. The smallest absolute Gasteiger partial charge is 0.264 e. The lowest BCUT2D eigenvalue weighted by molar-refractivity contribution is -0.118. The van der Waals surface area contributed by atoms with Crippen molar-refractivity contribution in [1.29, 1.82) is 0 Å². The van der Waals surface area contributed by atoms with Crippen LogP contribution in [0, 0.1) is 11.7 Å². The summed E-state index contributed by atoms with van der Waals surface area (Å²) < 4.78 is 7.83. The van der Waals surface area contributed by atoms with Crippen LogP contribution in [0.25, 0.3) is 0 Å². The fourth-order valence-electron chi connectivity index (χ4n) is 2.15. The van der Waals surface area contributed by atoms with Crippen LogP contribution in [0.2, 0.25) is 0 Å². The molecule has 1 amide bonds. The van der Waals surface area contributed by atoms with Crippen molar-refractivity contribution in [1.82, 2.24) is 19.7 Å². The Kier molecular flexibility index (Phi) is 5.25. The number of thiazole rings is 1. The van der Waals surface area contributed by atoms with Crippen LogP contribution in [0.3, 0.4) is 0 Å². The number of carbonyl (C=O) groups is 1. The summed E-state index contributed by atoms with van der Waals surface area (Å²) >= 11 is 6.45. The van der Waals surface area contributed by atoms with Crippen LogP contribution in [0.15, 0.2) is 29.6 Å². The highest BCUT2D eigenvalue weighted by Gasteiger charge is 2.10. The quantitative estimate of drug-likeness (QED) is 0.647. The first-order valence-electron chi connectivity index (χ1n) is 7.55. The van der Waals surface area contributed by atoms with Crippen molar-refractivity contribution < 1.29 is 9.53 Å². The maximum absolute atomic E-state index is 12.0. The number of hydrogen-bond donors (Lipinski definition) is 2. The summed E-state index contributed by atoms with van der Waals surface area (Å²) in [6, 6.07) is 7.56. The average molecular weight is 375 g/mol. The van der Waals surface area contributed by atoms with Crippen molar-refractivity contribution in [2.75, 3.05) is 11.9 Å². The fraction of sp³-hybridized carbons (Fsp3) is 0.250. The zero-order valence-electron chi connectivity index (χ0n) is 13.8. The van der Waals surface area contributed by atoms with E-state index >= 15 is 0 Å². The van der Waals surface area contributed by atoms with Crippen molar-refractivity contribution in [3.63, 3.8) is 0 Å². The fourth-order valence-corrected chi connectivity index (χ4v) is 3.03. The molecule has 0 aliphatic carbocycles. The zero-order chi connectivity index (χ0) is 17.8. The lowest BCUT2D eigenvalue weighted by Gasteiger charge is -2.06. The first kappa shape index (κ1) is 17.3. The molecule has 0 aliphatic rings. The number of aromatic amines is 1. The highest BCUT2D eigenvalue weighted by molar-refractivity contribution is 7.71. The van der Waals surface area contributed by atoms with Gasteiger partial charge in [-0.25, -0.2) is 4.98 Å². The summed E-state index contributed by atoms with van der Waals surface area (Å²) in [5, 5.41) is 12.0. The van der Waals surface area contributed by atoms with E-state index in [1.807, 2.05) is 43.6 Å². The molecular formula is C16H17N5O2S2. The molecular weight excluding hydrogens is 358 g/mol. The number of rotatable bonds is 6. The normalized spacial score (nSPS) is 10.6. The number of nitrogens with zero attached hydrogens (tertiary/aromatic N) is 3. The Morgan fingerprint density at radius 1 is 1.48 bits per heavy atom. The lowest BCUT2D eigenvalue weighted by atomic mass is 10.2. The number of ether oxygens (including phenoxy) is 1. The minimum atomic E-state index is -0.249. The molecule has 0 unspecified atom stereocenters. The number of benzene rings is 1. The molecule has 3 rings (SSSR count). The van der Waals surface area contributed by atoms with Crippen LogP contribution in [-0.4, -0.2) is 32.3 Å². The zero-order valence-corrected chi connectivity index (χ0v) is 15.4. The van der Waals surface area contributed by atoms with Crippen molar-refractivity contribution in [2.45, 2.75) is 13.3 Å². The van der Waals surface area contributed by atoms with Gasteiger partial charge < -0.3 is 9.30 Å². The molecule has 7 nitrogen and oxygen atoms in total. The van der Waals surface area contributed by atoms with Gasteiger partial charge in [-0.1, -0.05) is 12.1 Å². The van der Waals surface area contributed by atoms with Gasteiger partial charge in [-0.05, 0) is 36.8 Å². The van der Waals surface area contributed by atoms with Crippen molar-refractivity contribution >= 4 is 34.6 Å². The van der Waals surface area contributed by atoms with Gasteiger partial charge in [0.25, 0.3) is 5.91 Å². The molecule has 0 radical (unpaired) electrons. The molecule has 0 saturated carbocycles. The molecule has 2 N–H and O–H groups in total. The van der Waals surface area contributed by atoms with Gasteiger partial charge in [0.1, 0.15) is 11.6 Å². The molecule has 2 heterocycles. The van der Waals surface area contributed by atoms with Gasteiger partial charge in [0.05, 0.1) is 12.1 Å². The third-order valence-corrected chi connectivity index (χ3v) is 4.64. The van der Waals surface area contributed by atoms with E-state index in [0.717, 1.165) is 17.1 Å². The van der Waals surface area contributed by atoms with Gasteiger partial charge in [-0.2, -0.15) is 5.10 Å². The summed E-state index contributed by atoms with van der Waals surface area (Å²) in [7, 11) is 1.85. The topological polar surface area (TPSA) is 84.8 Å². The first-order chi connectivity index (χ1) is 12.0. The van der Waals surface area contributed by atoms with Crippen LogP contribution in [0.4, 0.5) is 5.13 Å². The third kappa shape index (κ3) is 4.52. The van der Waals surface area contributed by atoms with E-state index < -0.39 is 0 Å². The average Bonchev–Trinajstić information content (AvgIpc) is 3.15. The highest BCUT2D eigenvalue weighted by atomic mass is 32.1. The number of anilines is 1. The summed E-state index contributed by atoms with van der Waals surface area (Å²) in [6.07, 6.45) is 0.538. The second kappa shape index (κ2) is 7.58. The summed E-state index contributed by atoms with van der Waals surface area (Å²) in [5.41, 5.74) is 1.90. The Morgan fingerprint density at radius 2 is 2.32 bits per heavy atom. The minimum absolute atomic E-state index is 0.0635. The van der Waals surface area contributed by atoms with Crippen LogP contribution in [0.5, 0.6) is 5.75 Å². The van der Waals surface area contributed by atoms with E-state index in [2.05, 4.69) is 20.5 Å². The van der Waals surface area contributed by atoms with E-state index in [1.165, 1.54) is 11.3 Å². The molecule has 0 saturated heterocycles. The molecule has 9 heteroatoms. The molecule has 25 heavy (non-hydrogen) atoms. The van der Waals surface area contributed by atoms with Crippen molar-refractivity contribution in [2.24, 2.45) is 7.05 Å². The third-order valence-electron chi connectivity index (χ3n) is 3.47. The molecule has 0 fully saturated rings. The molecule has 0 bridgehead atoms. The molecule has 3 aromatic rings. The number of nitrogens with one attached hydrogen (secondary N) is 2. The largest absolute Gasteiger partial charge is 0.484 e. The number of amides is 1. The van der Waals surface area contributed by atoms with Crippen LogP contribution in [0.1, 0.15) is 17.1 Å². The Morgan fingerprint density at radius 3 is 3.04 bits per heavy atom. The van der Waals surface area contributed by atoms with Crippen LogP contribution in [-0.2, 0) is 18.3 Å². The predicted molar refractivity (Wildman–Crippen MR) is 98.6 cm³/mol. The summed E-state index contributed by atoms with van der Waals surface area (Å²) in [6.45, 7) is 1.91. The maximum Gasteiger partial charge on any atom is 0.264 e. The molecule has 130 valence electrons. The Bertz CT molecular complexity index is 944. The summed E-state index contributed by atoms with van der Waals surface area (Å²) in [4.78, 5) is 16.4. The van der Waals surface area contributed by atoms with Gasteiger partial charge in [-0.3, -0.25) is 15.2 Å². The Hall–Kier alpha value is -2.52. The predicted octanol–water partition coefficient (Wildman–Crippen LogP) is 2.85. The molecule has 0 aliphatic heterocycles. The standard InChI is InChI=1S/C16H17N5O2S2/c1-10-4-3-5-12(6-10)23-8-14(22)18-15-17-11(9-25-15)7-13-19-20-16(24)21(13)2/h3-6,9H,7-8H2,1-2H3,(H,20,24)(H,17,18,22). The number of aryl methyl sites for hydroxylation is 1. The van der Waals surface area contributed by atoms with E-state index in [0.29, 0.717) is 22.1 Å². The van der Waals surface area contributed by atoms with E-state index in [9.17, 15) is 4.79 Å². The molecule has 0 spiro atoms. The SMILES string of the molecule is Cc1cccc(OCC(=O)Nc2nc(Cc3n[nH]c(=S)n3C)cs2)c1. The highest BCUT2D eigenvalue weighted by Crippen LogP contribution is 2.18. The second-order valence-corrected chi connectivity index (χ2v) is 6.72. The monoisotopic (exact) mass is 375 g/mol. The van der Waals surface area contributed by atoms with Gasteiger partial charge in [-0.15, -0.1) is 11.3 Å². The molecule has 2 aromatic heterocycles. The van der Waals surface area contributed by atoms with E-state index in [4.69, 9.17) is 17.0 Å². The Labute approximate surface area is 153 Å². The van der Waals surface area contributed by atoms with Crippen LogP contribution >= 0.6 is 23.6 Å². The van der Waals surface area contributed by atoms with Gasteiger partial charge in [0.15, 0.2) is 16.5 Å². The minimum Gasteiger partial charge on any atom is -0.484 e. The first-order valence-corrected chi connectivity index (χ1v) is 8.84. The van der Waals surface area contributed by atoms with Crippen LogP contribution < -0.4 is 10.1 Å². The van der Waals surface area contributed by atoms with Gasteiger partial charge in [0.2, 0.25) is 0 Å². The molecule has 0 atom stereocenters. The Balaban J connectivity index is 1.54. The van der Waals surface area contributed by atoms with Gasteiger partial charge in [0, 0.05) is 12.4 Å². The number of H-pyrrole nitrogens is 1. The van der Waals surface area contributed by atoms with E-state index in [1.54, 1.807) is 4.57 Å². The maximum atomic E-state index is 12.0. The second-order valence-electron chi connectivity index (χ2n) is 5.48. The number of hydrogen-bond acceptors (Lipinski definition) is 6. The molecule has 1 aromatic carbocycles. The van der Waals surface area contributed by atoms with Crippen molar-refractivity contribution in [3.05, 3.63) is 51.5 Å². The number of aromatic nitrogens is 4. The van der Waals surface area contributed by atoms with Gasteiger partial charge >= 0.3 is 0 Å².